The van der Waals surface area contributed by atoms with Gasteiger partial charge in [-0.15, -0.1) is 0 Å². The van der Waals surface area contributed by atoms with E-state index in [1.807, 2.05) is 6.07 Å². The fourth-order valence-corrected chi connectivity index (χ4v) is 2.18. The van der Waals surface area contributed by atoms with Crippen molar-refractivity contribution in [3.63, 3.8) is 0 Å². The minimum Gasteiger partial charge on any atom is -0.373 e. The zero-order valence-electron chi connectivity index (χ0n) is 11.7. The largest absolute Gasteiger partial charge is 0.373 e. The van der Waals surface area contributed by atoms with Gasteiger partial charge < -0.3 is 5.32 Å². The van der Waals surface area contributed by atoms with Crippen LogP contribution >= 0.6 is 11.6 Å². The van der Waals surface area contributed by atoms with E-state index in [1.165, 1.54) is 12.1 Å². The molecule has 0 saturated heterocycles. The topological polar surface area (TPSA) is 37.8 Å². The Morgan fingerprint density at radius 3 is 2.55 bits per heavy atom. The van der Waals surface area contributed by atoms with E-state index in [0.717, 1.165) is 12.1 Å². The van der Waals surface area contributed by atoms with Gasteiger partial charge in [-0.2, -0.15) is 0 Å². The molecule has 0 fully saturated rings. The van der Waals surface area contributed by atoms with E-state index in [4.69, 9.17) is 11.6 Å². The first-order chi connectivity index (χ1) is 9.47. The zero-order valence-corrected chi connectivity index (χ0v) is 12.5. The molecule has 0 radical (unpaired) electrons. The molecule has 1 heterocycles. The van der Waals surface area contributed by atoms with E-state index >= 15 is 0 Å². The highest BCUT2D eigenvalue weighted by atomic mass is 35.5. The van der Waals surface area contributed by atoms with Crippen LogP contribution in [0.3, 0.4) is 0 Å². The highest BCUT2D eigenvalue weighted by Crippen LogP contribution is 2.23. The summed E-state index contributed by atoms with van der Waals surface area (Å²) in [6.45, 7) is 4.25. The van der Waals surface area contributed by atoms with Gasteiger partial charge in [0.15, 0.2) is 5.82 Å². The van der Waals surface area contributed by atoms with Crippen LogP contribution in [0.4, 0.5) is 10.2 Å². The molecule has 0 unspecified atom stereocenters. The van der Waals surface area contributed by atoms with E-state index < -0.39 is 5.82 Å². The molecule has 0 saturated carbocycles. The van der Waals surface area contributed by atoms with Crippen LogP contribution in [-0.4, -0.2) is 17.0 Å². The Morgan fingerprint density at radius 2 is 1.95 bits per heavy atom. The Hall–Kier alpha value is -1.68. The zero-order chi connectivity index (χ0) is 14.7. The third kappa shape index (κ3) is 3.67. The van der Waals surface area contributed by atoms with Gasteiger partial charge >= 0.3 is 0 Å². The Kier molecular flexibility index (Phi) is 4.55. The predicted octanol–water partition coefficient (Wildman–Crippen LogP) is 4.18. The van der Waals surface area contributed by atoms with Crippen LogP contribution in [0.5, 0.6) is 0 Å². The molecule has 0 aliphatic carbocycles. The van der Waals surface area contributed by atoms with Crippen LogP contribution in [0.2, 0.25) is 5.02 Å². The van der Waals surface area contributed by atoms with Crippen molar-refractivity contribution in [2.45, 2.75) is 20.3 Å². The highest BCUT2D eigenvalue weighted by Gasteiger charge is 2.09. The average Bonchev–Trinajstić information content (AvgIpc) is 2.36. The van der Waals surface area contributed by atoms with E-state index in [-0.39, 0.29) is 0 Å². The summed E-state index contributed by atoms with van der Waals surface area (Å²) in [6, 6.07) is 6.23. The number of halogens is 2. The lowest BCUT2D eigenvalue weighted by Gasteiger charge is -2.10. The van der Waals surface area contributed by atoms with Crippen molar-refractivity contribution in [1.29, 1.82) is 0 Å². The fourth-order valence-electron chi connectivity index (χ4n) is 1.96. The molecular formula is C15H17ClFN3. The summed E-state index contributed by atoms with van der Waals surface area (Å²) in [5, 5.41) is 3.34. The van der Waals surface area contributed by atoms with Crippen molar-refractivity contribution in [2.75, 3.05) is 12.4 Å². The van der Waals surface area contributed by atoms with E-state index in [9.17, 15) is 4.39 Å². The van der Waals surface area contributed by atoms with Crippen molar-refractivity contribution >= 4 is 17.4 Å². The lowest BCUT2D eigenvalue weighted by atomic mass is 10.1. The van der Waals surface area contributed by atoms with Gasteiger partial charge in [-0.3, -0.25) is 0 Å². The summed E-state index contributed by atoms with van der Waals surface area (Å²) in [5.41, 5.74) is 1.51. The van der Waals surface area contributed by atoms with E-state index in [2.05, 4.69) is 29.1 Å². The molecular weight excluding hydrogens is 277 g/mol. The number of aromatic nitrogens is 2. The second-order valence-corrected chi connectivity index (χ2v) is 5.51. The Labute approximate surface area is 123 Å². The van der Waals surface area contributed by atoms with Gasteiger partial charge in [-0.05, 0) is 30.5 Å². The SMILES string of the molecule is CNc1cc(CC(C)C)nc(-c2cc(F)cc(Cl)c2)n1. The number of nitrogens with one attached hydrogen (secondary N) is 1. The number of benzene rings is 1. The molecule has 0 aliphatic rings. The summed E-state index contributed by atoms with van der Waals surface area (Å²) in [7, 11) is 1.80. The second-order valence-electron chi connectivity index (χ2n) is 5.07. The highest BCUT2D eigenvalue weighted by molar-refractivity contribution is 6.30. The Morgan fingerprint density at radius 1 is 1.20 bits per heavy atom. The summed E-state index contributed by atoms with van der Waals surface area (Å²) >= 11 is 5.89. The minimum absolute atomic E-state index is 0.337. The summed E-state index contributed by atoms with van der Waals surface area (Å²) in [4.78, 5) is 8.86. The number of rotatable bonds is 4. The Balaban J connectivity index is 2.49. The first-order valence-corrected chi connectivity index (χ1v) is 6.88. The molecule has 3 nitrogen and oxygen atoms in total. The fraction of sp³-hybridized carbons (Fsp3) is 0.333. The molecule has 0 amide bonds. The van der Waals surface area contributed by atoms with Gasteiger partial charge in [0.1, 0.15) is 11.6 Å². The summed E-state index contributed by atoms with van der Waals surface area (Å²) in [5.74, 6) is 1.29. The number of hydrogen-bond acceptors (Lipinski definition) is 3. The van der Waals surface area contributed by atoms with Gasteiger partial charge in [0, 0.05) is 29.4 Å². The molecule has 0 atom stereocenters. The maximum atomic E-state index is 13.5. The first kappa shape index (κ1) is 14.7. The number of hydrogen-bond donors (Lipinski definition) is 1. The summed E-state index contributed by atoms with van der Waals surface area (Å²) in [6.07, 6.45) is 0.841. The third-order valence-electron chi connectivity index (χ3n) is 2.77. The lowest BCUT2D eigenvalue weighted by Crippen LogP contribution is -2.04. The average molecular weight is 294 g/mol. The van der Waals surface area contributed by atoms with E-state index in [0.29, 0.717) is 28.1 Å². The molecule has 1 aromatic heterocycles. The third-order valence-corrected chi connectivity index (χ3v) is 2.99. The van der Waals surface area contributed by atoms with Crippen LogP contribution in [0.25, 0.3) is 11.4 Å². The summed E-state index contributed by atoms with van der Waals surface area (Å²) < 4.78 is 13.5. The molecule has 106 valence electrons. The van der Waals surface area contributed by atoms with Gasteiger partial charge in [0.05, 0.1) is 0 Å². The first-order valence-electron chi connectivity index (χ1n) is 6.50. The van der Waals surface area contributed by atoms with Gasteiger partial charge in [-0.1, -0.05) is 25.4 Å². The van der Waals surface area contributed by atoms with Crippen molar-refractivity contribution in [3.8, 4) is 11.4 Å². The predicted molar refractivity (Wildman–Crippen MR) is 80.5 cm³/mol. The molecule has 20 heavy (non-hydrogen) atoms. The minimum atomic E-state index is -0.392. The van der Waals surface area contributed by atoms with Crippen LogP contribution in [0, 0.1) is 11.7 Å². The van der Waals surface area contributed by atoms with Crippen molar-refractivity contribution in [2.24, 2.45) is 5.92 Å². The van der Waals surface area contributed by atoms with Crippen LogP contribution in [0.15, 0.2) is 24.3 Å². The van der Waals surface area contributed by atoms with Gasteiger partial charge in [0.2, 0.25) is 0 Å². The van der Waals surface area contributed by atoms with Crippen molar-refractivity contribution in [1.82, 2.24) is 9.97 Å². The molecule has 1 N–H and O–H groups in total. The molecule has 2 aromatic rings. The number of nitrogens with zero attached hydrogens (tertiary/aromatic N) is 2. The second kappa shape index (κ2) is 6.18. The molecule has 5 heteroatoms. The molecule has 2 rings (SSSR count). The van der Waals surface area contributed by atoms with Crippen molar-refractivity contribution < 1.29 is 4.39 Å². The molecule has 0 aliphatic heterocycles. The van der Waals surface area contributed by atoms with Gasteiger partial charge in [0.25, 0.3) is 0 Å². The standard InChI is InChI=1S/C15H17ClFN3/c1-9(2)4-13-8-14(18-3)20-15(19-13)10-5-11(16)7-12(17)6-10/h5-9H,4H2,1-3H3,(H,18,19,20). The monoisotopic (exact) mass is 293 g/mol. The van der Waals surface area contributed by atoms with Crippen LogP contribution in [0.1, 0.15) is 19.5 Å². The smallest absolute Gasteiger partial charge is 0.161 e. The molecule has 1 aromatic carbocycles. The van der Waals surface area contributed by atoms with Gasteiger partial charge in [-0.25, -0.2) is 14.4 Å². The lowest BCUT2D eigenvalue weighted by molar-refractivity contribution is 0.627. The Bertz CT molecular complexity index is 594. The normalized spacial score (nSPS) is 10.9. The molecule has 0 bridgehead atoms. The number of anilines is 1. The maximum absolute atomic E-state index is 13.5. The van der Waals surface area contributed by atoms with Crippen LogP contribution < -0.4 is 5.32 Å². The van der Waals surface area contributed by atoms with Crippen molar-refractivity contribution in [3.05, 3.63) is 40.8 Å². The molecule has 0 spiro atoms. The van der Waals surface area contributed by atoms with Crippen LogP contribution in [-0.2, 0) is 6.42 Å². The van der Waals surface area contributed by atoms with E-state index in [1.54, 1.807) is 13.1 Å². The maximum Gasteiger partial charge on any atom is 0.161 e. The quantitative estimate of drug-likeness (QED) is 0.919.